The molecular formula is C25H30ClF3N2O6. The fraction of sp³-hybridized carbons (Fsp3) is 0.520. The Morgan fingerprint density at radius 3 is 2.46 bits per heavy atom. The second-order valence-electron chi connectivity index (χ2n) is 9.45. The summed E-state index contributed by atoms with van der Waals surface area (Å²) in [5, 5.41) is 2.19. The number of nitrogens with zero attached hydrogens (tertiary/aromatic N) is 2. The van der Waals surface area contributed by atoms with Gasteiger partial charge in [0, 0.05) is 43.5 Å². The molecule has 8 nitrogen and oxygen atoms in total. The van der Waals surface area contributed by atoms with E-state index in [-0.39, 0.29) is 36.2 Å². The molecule has 0 saturated heterocycles. The summed E-state index contributed by atoms with van der Waals surface area (Å²) in [4.78, 5) is 25.5. The van der Waals surface area contributed by atoms with Crippen LogP contribution in [0, 0.1) is 0 Å². The summed E-state index contributed by atoms with van der Waals surface area (Å²) in [5.41, 5.74) is 0.974. The highest BCUT2D eigenvalue weighted by Crippen LogP contribution is 2.38. The minimum atomic E-state index is -4.41. The minimum absolute atomic E-state index is 0.0937. The quantitative estimate of drug-likeness (QED) is 0.319. The molecule has 3 rings (SSSR count). The predicted molar refractivity (Wildman–Crippen MR) is 132 cm³/mol. The van der Waals surface area contributed by atoms with Crippen molar-refractivity contribution in [2.45, 2.75) is 45.5 Å². The zero-order valence-electron chi connectivity index (χ0n) is 21.1. The molecule has 0 aliphatic carbocycles. The van der Waals surface area contributed by atoms with E-state index in [4.69, 9.17) is 25.8 Å². The van der Waals surface area contributed by atoms with Crippen molar-refractivity contribution in [3.8, 4) is 17.0 Å². The first-order chi connectivity index (χ1) is 17.3. The van der Waals surface area contributed by atoms with Gasteiger partial charge in [0.15, 0.2) is 5.43 Å². The Morgan fingerprint density at radius 2 is 1.81 bits per heavy atom. The number of rotatable bonds is 10. The SMILES string of the molecule is COCCCOC(=O)c1cn2c(cc1=O)-c1cc(Cl)c(OCCOCC(F)(F)F)cc1CN2C(C)(C)C. The van der Waals surface area contributed by atoms with Crippen LogP contribution in [0.25, 0.3) is 11.3 Å². The van der Waals surface area contributed by atoms with Crippen LogP contribution in [0.4, 0.5) is 13.2 Å². The van der Waals surface area contributed by atoms with Crippen LogP contribution in [-0.4, -0.2) is 62.5 Å². The maximum absolute atomic E-state index is 12.9. The third-order valence-electron chi connectivity index (χ3n) is 5.52. The number of carbonyl (C=O) groups is 1. The molecule has 0 atom stereocenters. The number of hydrogen-bond acceptors (Lipinski definition) is 7. The van der Waals surface area contributed by atoms with Gasteiger partial charge in [-0.3, -0.25) is 9.47 Å². The molecule has 0 saturated carbocycles. The second kappa shape index (κ2) is 11.7. The van der Waals surface area contributed by atoms with Gasteiger partial charge >= 0.3 is 12.1 Å². The number of alkyl halides is 3. The number of esters is 1. The molecule has 0 fully saturated rings. The summed E-state index contributed by atoms with van der Waals surface area (Å²) in [6.07, 6.45) is -2.43. The van der Waals surface area contributed by atoms with E-state index in [9.17, 15) is 22.8 Å². The lowest BCUT2D eigenvalue weighted by molar-refractivity contribution is -0.175. The van der Waals surface area contributed by atoms with E-state index in [2.05, 4.69) is 4.74 Å². The molecule has 0 N–H and O–H groups in total. The summed E-state index contributed by atoms with van der Waals surface area (Å²) in [7, 11) is 1.55. The Morgan fingerprint density at radius 1 is 1.08 bits per heavy atom. The topological polar surface area (TPSA) is 79.2 Å². The molecule has 1 aromatic heterocycles. The Hall–Kier alpha value is -2.76. The van der Waals surface area contributed by atoms with E-state index < -0.39 is 29.7 Å². The number of fused-ring (bicyclic) bond motifs is 3. The lowest BCUT2D eigenvalue weighted by atomic mass is 9.97. The van der Waals surface area contributed by atoms with Crippen LogP contribution in [0.3, 0.4) is 0 Å². The molecule has 2 heterocycles. The summed E-state index contributed by atoms with van der Waals surface area (Å²) in [6, 6.07) is 4.70. The van der Waals surface area contributed by atoms with E-state index in [0.717, 1.165) is 5.56 Å². The maximum atomic E-state index is 12.9. The maximum Gasteiger partial charge on any atom is 0.411 e. The first kappa shape index (κ1) is 28.8. The average molecular weight is 547 g/mol. The van der Waals surface area contributed by atoms with Gasteiger partial charge in [0.2, 0.25) is 0 Å². The molecule has 1 aliphatic rings. The van der Waals surface area contributed by atoms with Gasteiger partial charge in [-0.05, 0) is 38.5 Å². The summed E-state index contributed by atoms with van der Waals surface area (Å²) in [6.45, 7) is 5.14. The van der Waals surface area contributed by atoms with Crippen LogP contribution < -0.4 is 15.2 Å². The lowest BCUT2D eigenvalue weighted by Crippen LogP contribution is -2.51. The number of halogens is 4. The smallest absolute Gasteiger partial charge is 0.411 e. The van der Waals surface area contributed by atoms with Crippen molar-refractivity contribution in [1.29, 1.82) is 0 Å². The molecule has 1 aliphatic heterocycles. The van der Waals surface area contributed by atoms with Crippen molar-refractivity contribution >= 4 is 17.6 Å². The Bertz CT molecular complexity index is 1180. The summed E-state index contributed by atoms with van der Waals surface area (Å²) >= 11 is 6.41. The minimum Gasteiger partial charge on any atom is -0.490 e. The van der Waals surface area contributed by atoms with Crippen molar-refractivity contribution in [2.75, 3.05) is 45.2 Å². The summed E-state index contributed by atoms with van der Waals surface area (Å²) in [5.74, 6) is -0.428. The van der Waals surface area contributed by atoms with Crippen LogP contribution in [0.2, 0.25) is 5.02 Å². The number of carbonyl (C=O) groups excluding carboxylic acids is 1. The van der Waals surface area contributed by atoms with Crippen LogP contribution >= 0.6 is 11.6 Å². The van der Waals surface area contributed by atoms with Crippen molar-refractivity contribution in [1.82, 2.24) is 4.68 Å². The van der Waals surface area contributed by atoms with Gasteiger partial charge in [-0.25, -0.2) is 4.79 Å². The van der Waals surface area contributed by atoms with E-state index in [0.29, 0.717) is 30.8 Å². The zero-order chi connectivity index (χ0) is 27.4. The van der Waals surface area contributed by atoms with Crippen LogP contribution in [0.15, 0.2) is 29.2 Å². The van der Waals surface area contributed by atoms with Gasteiger partial charge in [0.25, 0.3) is 0 Å². The standard InChI is InChI=1S/C25H30ClF3N2O6/c1-24(2,3)31-13-16-10-22(36-9-8-35-15-25(27,28)29)19(26)11-17(16)20-12-21(32)18(14-30(20)31)23(33)37-7-5-6-34-4/h10-12,14H,5-9,13,15H2,1-4H3. The van der Waals surface area contributed by atoms with Gasteiger partial charge in [0.05, 0.1) is 30.5 Å². The zero-order valence-corrected chi connectivity index (χ0v) is 21.9. The second-order valence-corrected chi connectivity index (χ2v) is 9.86. The molecule has 1 aromatic carbocycles. The van der Waals surface area contributed by atoms with Crippen molar-refractivity contribution in [2.24, 2.45) is 0 Å². The molecule has 37 heavy (non-hydrogen) atoms. The third kappa shape index (κ3) is 7.39. The van der Waals surface area contributed by atoms with Crippen LogP contribution in [-0.2, 0) is 20.8 Å². The van der Waals surface area contributed by atoms with Gasteiger partial charge in [-0.1, -0.05) is 11.6 Å². The normalized spacial score (nSPS) is 13.2. The Balaban J connectivity index is 1.90. The number of ether oxygens (including phenoxy) is 4. The van der Waals surface area contributed by atoms with E-state index in [1.165, 1.54) is 12.3 Å². The molecular weight excluding hydrogens is 517 g/mol. The van der Waals surface area contributed by atoms with E-state index >= 15 is 0 Å². The Kier molecular flexibility index (Phi) is 9.14. The van der Waals surface area contributed by atoms with E-state index in [1.54, 1.807) is 23.9 Å². The van der Waals surface area contributed by atoms with Crippen molar-refractivity contribution in [3.63, 3.8) is 0 Å². The molecule has 0 radical (unpaired) electrons. The summed E-state index contributed by atoms with van der Waals surface area (Å²) < 4.78 is 58.8. The number of pyridine rings is 1. The molecule has 12 heteroatoms. The van der Waals surface area contributed by atoms with Crippen molar-refractivity contribution < 1.29 is 36.9 Å². The van der Waals surface area contributed by atoms with E-state index in [1.807, 2.05) is 25.8 Å². The van der Waals surface area contributed by atoms with Gasteiger partial charge in [0.1, 0.15) is 24.5 Å². The van der Waals surface area contributed by atoms with Gasteiger partial charge in [-0.2, -0.15) is 13.2 Å². The monoisotopic (exact) mass is 546 g/mol. The van der Waals surface area contributed by atoms with Gasteiger partial charge in [-0.15, -0.1) is 0 Å². The molecule has 0 spiro atoms. The van der Waals surface area contributed by atoms with Crippen LogP contribution in [0.5, 0.6) is 5.75 Å². The molecule has 204 valence electrons. The predicted octanol–water partition coefficient (Wildman–Crippen LogP) is 4.57. The number of hydrogen-bond donors (Lipinski definition) is 0. The lowest BCUT2D eigenvalue weighted by Gasteiger charge is -2.44. The first-order valence-corrected chi connectivity index (χ1v) is 12.0. The fourth-order valence-electron chi connectivity index (χ4n) is 3.80. The number of methoxy groups -OCH3 is 1. The molecule has 0 bridgehead atoms. The molecule has 2 aromatic rings. The third-order valence-corrected chi connectivity index (χ3v) is 5.81. The highest BCUT2D eigenvalue weighted by molar-refractivity contribution is 6.32. The van der Waals surface area contributed by atoms with Gasteiger partial charge < -0.3 is 24.0 Å². The average Bonchev–Trinajstić information content (AvgIpc) is 2.79. The van der Waals surface area contributed by atoms with Crippen molar-refractivity contribution in [3.05, 3.63) is 50.8 Å². The molecule has 0 amide bonds. The highest BCUT2D eigenvalue weighted by atomic mass is 35.5. The highest BCUT2D eigenvalue weighted by Gasteiger charge is 2.32. The Labute approximate surface area is 217 Å². The number of aromatic nitrogens is 1. The fourth-order valence-corrected chi connectivity index (χ4v) is 4.01. The largest absolute Gasteiger partial charge is 0.490 e. The first-order valence-electron chi connectivity index (χ1n) is 11.6. The number of benzene rings is 1. The molecule has 0 unspecified atom stereocenters. The van der Waals surface area contributed by atoms with Crippen LogP contribution in [0.1, 0.15) is 43.1 Å².